The van der Waals surface area contributed by atoms with E-state index in [1.807, 2.05) is 25.1 Å². The van der Waals surface area contributed by atoms with Crippen LogP contribution < -0.4 is 15.4 Å². The molecule has 1 aliphatic rings. The molecular formula is C22H27N3O5S. The summed E-state index contributed by atoms with van der Waals surface area (Å²) in [4.78, 5) is 28.5. The lowest BCUT2D eigenvalue weighted by Crippen LogP contribution is -2.49. The average Bonchev–Trinajstić information content (AvgIpc) is 2.74. The molecule has 0 aliphatic carbocycles. The molecule has 2 atom stereocenters. The van der Waals surface area contributed by atoms with E-state index in [2.05, 4.69) is 15.6 Å². The number of carbonyl (C=O) groups excluding carboxylic acids is 2. The van der Waals surface area contributed by atoms with Crippen molar-refractivity contribution in [2.24, 2.45) is 0 Å². The van der Waals surface area contributed by atoms with E-state index >= 15 is 0 Å². The predicted molar refractivity (Wildman–Crippen MR) is 116 cm³/mol. The van der Waals surface area contributed by atoms with Gasteiger partial charge in [-0.05, 0) is 38.3 Å². The second-order valence-electron chi connectivity index (χ2n) is 7.69. The molecule has 1 aliphatic heterocycles. The number of rotatable bonds is 1. The van der Waals surface area contributed by atoms with E-state index in [0.29, 0.717) is 36.1 Å². The molecule has 2 bridgehead atoms. The van der Waals surface area contributed by atoms with Gasteiger partial charge in [-0.2, -0.15) is 0 Å². The van der Waals surface area contributed by atoms with E-state index in [1.54, 1.807) is 18.3 Å². The quantitative estimate of drug-likeness (QED) is 0.695. The summed E-state index contributed by atoms with van der Waals surface area (Å²) in [5.74, 6) is -0.140. The molecule has 0 saturated carbocycles. The number of nitrogens with zero attached hydrogens (tertiary/aromatic N) is 1. The van der Waals surface area contributed by atoms with Crippen LogP contribution in [0.3, 0.4) is 0 Å². The van der Waals surface area contributed by atoms with E-state index in [9.17, 15) is 18.0 Å². The fraction of sp³-hybridized carbons (Fsp3) is 0.409. The van der Waals surface area contributed by atoms with Crippen LogP contribution in [0, 0.1) is 0 Å². The highest BCUT2D eigenvalue weighted by molar-refractivity contribution is 7.91. The highest BCUT2D eigenvalue weighted by atomic mass is 32.2. The summed E-state index contributed by atoms with van der Waals surface area (Å²) in [6.45, 7) is 3.38. The first kappa shape index (κ1) is 22.7. The van der Waals surface area contributed by atoms with Gasteiger partial charge in [0.15, 0.2) is 9.84 Å². The van der Waals surface area contributed by atoms with Crippen LogP contribution in [0.2, 0.25) is 0 Å². The Bertz CT molecular complexity index is 1050. The van der Waals surface area contributed by atoms with Gasteiger partial charge in [0.05, 0.1) is 16.7 Å². The minimum atomic E-state index is -3.54. The van der Waals surface area contributed by atoms with Crippen molar-refractivity contribution in [3.63, 3.8) is 0 Å². The third kappa shape index (κ3) is 6.04. The van der Waals surface area contributed by atoms with Crippen LogP contribution in [-0.2, 0) is 19.4 Å². The Balaban J connectivity index is 1.95. The van der Waals surface area contributed by atoms with Crippen LogP contribution in [0.4, 0.5) is 0 Å². The maximum Gasteiger partial charge on any atom is 0.242 e. The fourth-order valence-electron chi connectivity index (χ4n) is 3.44. The first-order valence-electron chi connectivity index (χ1n) is 10.2. The number of benzene rings is 1. The van der Waals surface area contributed by atoms with Gasteiger partial charge < -0.3 is 15.4 Å². The highest BCUT2D eigenvalue weighted by Crippen LogP contribution is 2.31. The van der Waals surface area contributed by atoms with Crippen molar-refractivity contribution < 1.29 is 22.7 Å². The number of ether oxygens (including phenoxy) is 1. The molecule has 0 saturated heterocycles. The number of hydrogen-bond acceptors (Lipinski definition) is 6. The minimum absolute atomic E-state index is 0.0684. The molecule has 2 heterocycles. The van der Waals surface area contributed by atoms with Gasteiger partial charge in [-0.3, -0.25) is 14.6 Å². The zero-order chi connectivity index (χ0) is 22.4. The SMILES string of the molecule is CC(=O)N[C@H]1CCCCS(=O)(=O)c2cncc(c2)-c2ccccc2OC[C@@H](C)NC1=O. The smallest absolute Gasteiger partial charge is 0.242 e. The molecule has 31 heavy (non-hydrogen) atoms. The summed E-state index contributed by atoms with van der Waals surface area (Å²) in [5.41, 5.74) is 1.36. The lowest BCUT2D eigenvalue weighted by Gasteiger charge is -2.22. The average molecular weight is 446 g/mol. The monoisotopic (exact) mass is 445 g/mol. The third-order valence-electron chi connectivity index (χ3n) is 5.00. The minimum Gasteiger partial charge on any atom is -0.491 e. The summed E-state index contributed by atoms with van der Waals surface area (Å²) in [7, 11) is -3.54. The number of pyridine rings is 1. The first-order chi connectivity index (χ1) is 14.8. The molecule has 0 unspecified atom stereocenters. The number of aromatic nitrogens is 1. The maximum absolute atomic E-state index is 12.8. The van der Waals surface area contributed by atoms with Crippen molar-refractivity contribution in [2.45, 2.75) is 50.1 Å². The van der Waals surface area contributed by atoms with Crippen molar-refractivity contribution in [3.05, 3.63) is 42.7 Å². The molecule has 3 rings (SSSR count). The van der Waals surface area contributed by atoms with Crippen LogP contribution in [-0.4, -0.2) is 49.7 Å². The zero-order valence-electron chi connectivity index (χ0n) is 17.6. The number of hydrogen-bond donors (Lipinski definition) is 2. The highest BCUT2D eigenvalue weighted by Gasteiger charge is 2.23. The van der Waals surface area contributed by atoms with Gasteiger partial charge in [0, 0.05) is 30.4 Å². The topological polar surface area (TPSA) is 114 Å². The van der Waals surface area contributed by atoms with E-state index in [4.69, 9.17) is 4.74 Å². The number of nitrogens with one attached hydrogen (secondary N) is 2. The number of carbonyl (C=O) groups is 2. The second kappa shape index (κ2) is 9.91. The van der Waals surface area contributed by atoms with Gasteiger partial charge in [0.1, 0.15) is 18.4 Å². The van der Waals surface area contributed by atoms with Crippen molar-refractivity contribution in [3.8, 4) is 16.9 Å². The number of amides is 2. The van der Waals surface area contributed by atoms with E-state index < -0.39 is 15.9 Å². The summed E-state index contributed by atoms with van der Waals surface area (Å²) < 4.78 is 31.6. The predicted octanol–water partition coefficient (Wildman–Crippen LogP) is 2.09. The van der Waals surface area contributed by atoms with Crippen LogP contribution in [0.25, 0.3) is 11.1 Å². The van der Waals surface area contributed by atoms with Gasteiger partial charge in [0.2, 0.25) is 11.8 Å². The van der Waals surface area contributed by atoms with Gasteiger partial charge in [-0.15, -0.1) is 0 Å². The van der Waals surface area contributed by atoms with E-state index in [1.165, 1.54) is 13.1 Å². The van der Waals surface area contributed by atoms with Crippen LogP contribution >= 0.6 is 0 Å². The molecule has 0 spiro atoms. The van der Waals surface area contributed by atoms with Crippen LogP contribution in [0.1, 0.15) is 33.1 Å². The third-order valence-corrected chi connectivity index (χ3v) is 6.77. The summed E-state index contributed by atoms with van der Waals surface area (Å²) in [6, 6.07) is 7.87. The Morgan fingerprint density at radius 2 is 2.00 bits per heavy atom. The number of sulfone groups is 1. The van der Waals surface area contributed by atoms with Gasteiger partial charge >= 0.3 is 0 Å². The molecule has 0 fully saturated rings. The van der Waals surface area contributed by atoms with Crippen LogP contribution in [0.5, 0.6) is 5.75 Å². The molecule has 166 valence electrons. The molecule has 2 amide bonds. The molecule has 9 heteroatoms. The van der Waals surface area contributed by atoms with E-state index in [0.717, 1.165) is 0 Å². The summed E-state index contributed by atoms with van der Waals surface area (Å²) in [5, 5.41) is 5.51. The molecule has 1 aromatic carbocycles. The lowest BCUT2D eigenvalue weighted by atomic mass is 10.1. The largest absolute Gasteiger partial charge is 0.491 e. The second-order valence-corrected chi connectivity index (χ2v) is 9.80. The normalized spacial score (nSPS) is 21.8. The number of fused-ring (bicyclic) bond motifs is 4. The van der Waals surface area contributed by atoms with Gasteiger partial charge in [-0.25, -0.2) is 8.42 Å². The Morgan fingerprint density at radius 3 is 2.77 bits per heavy atom. The van der Waals surface area contributed by atoms with Crippen molar-refractivity contribution in [2.75, 3.05) is 12.4 Å². The maximum atomic E-state index is 12.8. The number of para-hydroxylation sites is 1. The molecule has 2 aromatic rings. The van der Waals surface area contributed by atoms with E-state index in [-0.39, 0.29) is 35.1 Å². The summed E-state index contributed by atoms with van der Waals surface area (Å²) in [6.07, 6.45) is 4.13. The van der Waals surface area contributed by atoms with Gasteiger partial charge in [-0.1, -0.05) is 18.2 Å². The Hall–Kier alpha value is -2.94. The van der Waals surface area contributed by atoms with Crippen molar-refractivity contribution in [1.29, 1.82) is 0 Å². The molecule has 2 N–H and O–H groups in total. The Labute approximate surface area is 182 Å². The molecular weight excluding hydrogens is 418 g/mol. The lowest BCUT2D eigenvalue weighted by molar-refractivity contribution is -0.128. The molecule has 8 nitrogen and oxygen atoms in total. The fourth-order valence-corrected chi connectivity index (χ4v) is 4.79. The first-order valence-corrected chi connectivity index (χ1v) is 11.9. The van der Waals surface area contributed by atoms with Crippen molar-refractivity contribution >= 4 is 21.7 Å². The summed E-state index contributed by atoms with van der Waals surface area (Å²) >= 11 is 0. The standard InChI is InChI=1S/C22H27N3O5S/c1-15-14-30-21-9-4-3-7-19(21)17-11-18(13-23-12-17)31(28,29)10-6-5-8-20(22(27)24-15)25-16(2)26/h3-4,7,9,11-13,15,20H,5-6,8,10,14H2,1-2H3,(H,24,27)(H,25,26)/t15-,20+/m1/s1. The Kier molecular flexibility index (Phi) is 7.27. The molecule has 0 radical (unpaired) electrons. The van der Waals surface area contributed by atoms with Crippen molar-refractivity contribution in [1.82, 2.24) is 15.6 Å². The van der Waals surface area contributed by atoms with Gasteiger partial charge in [0.25, 0.3) is 0 Å². The zero-order valence-corrected chi connectivity index (χ0v) is 18.4. The molecule has 1 aromatic heterocycles. The van der Waals surface area contributed by atoms with Crippen LogP contribution in [0.15, 0.2) is 47.6 Å². The Morgan fingerprint density at radius 1 is 1.23 bits per heavy atom.